The van der Waals surface area contributed by atoms with Crippen molar-refractivity contribution in [2.45, 2.75) is 64.3 Å². The van der Waals surface area contributed by atoms with Crippen LogP contribution in [-0.2, 0) is 55.8 Å². The molecule has 1 N–H and O–H groups in total. The number of benzene rings is 2. The van der Waals surface area contributed by atoms with E-state index in [1.54, 1.807) is 13.2 Å². The van der Waals surface area contributed by atoms with Crippen molar-refractivity contribution in [3.05, 3.63) is 58.7 Å². The van der Waals surface area contributed by atoms with Gasteiger partial charge in [-0.2, -0.15) is 0 Å². The van der Waals surface area contributed by atoms with Crippen LogP contribution in [0, 0.1) is 0 Å². The van der Waals surface area contributed by atoms with E-state index in [0.29, 0.717) is 152 Å². The largest absolute Gasteiger partial charge is 0.496 e. The van der Waals surface area contributed by atoms with Crippen LogP contribution < -0.4 is 18.9 Å². The number of nitrogens with zero attached hydrogens (tertiary/aromatic N) is 4. The molecule has 68 heavy (non-hydrogen) atoms. The summed E-state index contributed by atoms with van der Waals surface area (Å²) in [5.74, 6) is 2.05. The normalized spacial score (nSPS) is 16.9. The Bertz CT molecular complexity index is 1950. The predicted molar refractivity (Wildman–Crippen MR) is 255 cm³/mol. The molecule has 0 radical (unpaired) electrons. The Kier molecular flexibility index (Phi) is 24.2. The van der Waals surface area contributed by atoms with E-state index in [-0.39, 0.29) is 43.7 Å². The van der Waals surface area contributed by atoms with Gasteiger partial charge in [-0.3, -0.25) is 4.79 Å². The molecule has 3 aliphatic heterocycles. The zero-order chi connectivity index (χ0) is 48.4. The van der Waals surface area contributed by atoms with Crippen molar-refractivity contribution in [3.8, 4) is 23.0 Å². The van der Waals surface area contributed by atoms with Crippen LogP contribution in [0.4, 0.5) is 0 Å². The van der Waals surface area contributed by atoms with Gasteiger partial charge < -0.3 is 66.5 Å². The van der Waals surface area contributed by atoms with Crippen LogP contribution in [0.3, 0.4) is 0 Å². The lowest BCUT2D eigenvalue weighted by Crippen LogP contribution is -2.43. The minimum Gasteiger partial charge on any atom is -0.496 e. The van der Waals surface area contributed by atoms with Gasteiger partial charge in [0.15, 0.2) is 11.9 Å². The number of rotatable bonds is 37. The van der Waals surface area contributed by atoms with Gasteiger partial charge in [-0.05, 0) is 50.1 Å². The maximum atomic E-state index is 13.1. The standard InChI is InChI=1S/C50H75N4O14/c1-7-51-36-52-13-9-14-54(4,5)15-17-59-19-21-61-23-25-63-27-29-64-28-26-62-24-22-60-20-18-58-16-8-10-39(56)34-66-50-40(11-12-43-42(50)32-44(67-43)37(2)3)49-48-41-31-45(57-6)38(33-55)30-46(41)65-35-47(48)68-53-49/h11-12,30-31,44,47-48,55H,2,7-10,13-29,32-35H2,1,3-6H3/q+1/t44-,47?,48?/m1/s1. The molecule has 3 aliphatic rings. The maximum absolute atomic E-state index is 13.1. The summed E-state index contributed by atoms with van der Waals surface area (Å²) in [7, 11) is 5.96. The highest BCUT2D eigenvalue weighted by molar-refractivity contribution is 6.09. The monoisotopic (exact) mass is 956 g/mol. The Balaban J connectivity index is 0.863. The van der Waals surface area contributed by atoms with E-state index in [1.807, 2.05) is 32.0 Å². The highest BCUT2D eigenvalue weighted by Crippen LogP contribution is 2.47. The summed E-state index contributed by atoms with van der Waals surface area (Å²) in [5, 5.41) is 14.4. The van der Waals surface area contributed by atoms with Crippen molar-refractivity contribution in [2.24, 2.45) is 15.1 Å². The Morgan fingerprint density at radius 2 is 1.49 bits per heavy atom. The molecule has 18 heteroatoms. The van der Waals surface area contributed by atoms with E-state index < -0.39 is 0 Å². The highest BCUT2D eigenvalue weighted by Gasteiger charge is 2.44. The number of hydrogen-bond acceptors (Lipinski definition) is 17. The van der Waals surface area contributed by atoms with E-state index in [2.05, 4.69) is 41.8 Å². The number of hydrogen-bond donors (Lipinski definition) is 1. The van der Waals surface area contributed by atoms with Gasteiger partial charge >= 0.3 is 0 Å². The summed E-state index contributed by atoms with van der Waals surface area (Å²) < 4.78 is 64.4. The molecule has 2 unspecified atom stereocenters. The van der Waals surface area contributed by atoms with Gasteiger partial charge in [0.1, 0.15) is 54.6 Å². The third-order valence-corrected chi connectivity index (χ3v) is 11.5. The lowest BCUT2D eigenvalue weighted by atomic mass is 9.83. The van der Waals surface area contributed by atoms with Crippen LogP contribution >= 0.6 is 0 Å². The molecule has 0 amide bonds. The number of likely N-dealkylation sites (N-methyl/N-ethyl adjacent to an activating group) is 1. The van der Waals surface area contributed by atoms with Gasteiger partial charge in [-0.15, -0.1) is 0 Å². The number of aliphatic imine (C=N–C) groups is 2. The van der Waals surface area contributed by atoms with E-state index in [0.717, 1.165) is 53.8 Å². The fraction of sp³-hybridized carbons (Fsp3) is 0.660. The number of carbonyl (C=O) groups excluding carboxylic acids is 1. The molecule has 3 heterocycles. The molecule has 2 aromatic rings. The molecular formula is C50H75N4O14+. The summed E-state index contributed by atoms with van der Waals surface area (Å²) in [6, 6.07) is 10.2. The quantitative estimate of drug-likeness (QED) is 0.0420. The second-order valence-electron chi connectivity index (χ2n) is 17.3. The van der Waals surface area contributed by atoms with Gasteiger partial charge in [-0.1, -0.05) is 11.7 Å². The summed E-state index contributed by atoms with van der Waals surface area (Å²) >= 11 is 0. The smallest absolute Gasteiger partial charge is 0.173 e. The second-order valence-corrected chi connectivity index (χ2v) is 17.3. The molecular weight excluding hydrogens is 881 g/mol. The number of ether oxygens (including phenoxy) is 11. The second kappa shape index (κ2) is 30.2. The fourth-order valence-corrected chi connectivity index (χ4v) is 7.71. The first-order valence-electron chi connectivity index (χ1n) is 23.9. The van der Waals surface area contributed by atoms with Crippen molar-refractivity contribution in [2.75, 3.05) is 153 Å². The third-order valence-electron chi connectivity index (χ3n) is 11.5. The molecule has 18 nitrogen and oxygen atoms in total. The minimum absolute atomic E-state index is 0.0574. The summed E-state index contributed by atoms with van der Waals surface area (Å²) in [6.07, 6.45) is 1.81. The Morgan fingerprint density at radius 3 is 2.09 bits per heavy atom. The first kappa shape index (κ1) is 54.5. The molecule has 0 aromatic heterocycles. The van der Waals surface area contributed by atoms with Crippen molar-refractivity contribution >= 4 is 17.5 Å². The molecule has 2 aromatic carbocycles. The van der Waals surface area contributed by atoms with Gasteiger partial charge in [0, 0.05) is 54.7 Å². The zero-order valence-corrected chi connectivity index (χ0v) is 41.0. The average Bonchev–Trinajstić information content (AvgIpc) is 3.98. The van der Waals surface area contributed by atoms with Crippen molar-refractivity contribution in [1.82, 2.24) is 0 Å². The first-order valence-corrected chi connectivity index (χ1v) is 23.9. The topological polar surface area (TPSA) is 185 Å². The molecule has 0 bridgehead atoms. The molecule has 0 aliphatic carbocycles. The summed E-state index contributed by atoms with van der Waals surface area (Å²) in [6.45, 7) is 18.3. The van der Waals surface area contributed by atoms with Crippen molar-refractivity contribution in [1.29, 1.82) is 0 Å². The van der Waals surface area contributed by atoms with Crippen LogP contribution in [0.5, 0.6) is 23.0 Å². The number of quaternary nitrogens is 1. The highest BCUT2D eigenvalue weighted by atomic mass is 16.7. The number of methoxy groups -OCH3 is 1. The van der Waals surface area contributed by atoms with Crippen LogP contribution in [0.1, 0.15) is 61.3 Å². The molecule has 5 rings (SSSR count). The Labute approximate surface area is 402 Å². The first-order chi connectivity index (χ1) is 33.2. The van der Waals surface area contributed by atoms with Crippen LogP contribution in [0.2, 0.25) is 0 Å². The van der Waals surface area contributed by atoms with Crippen molar-refractivity contribution < 1.29 is 71.3 Å². The number of oxime groups is 1. The number of aliphatic hydroxyl groups excluding tert-OH is 1. The van der Waals surface area contributed by atoms with E-state index in [1.165, 1.54) is 0 Å². The van der Waals surface area contributed by atoms with Crippen LogP contribution in [-0.4, -0.2) is 192 Å². The molecule has 0 saturated heterocycles. The van der Waals surface area contributed by atoms with Crippen molar-refractivity contribution in [3.63, 3.8) is 0 Å². The Hall–Kier alpha value is -4.46. The fourth-order valence-electron chi connectivity index (χ4n) is 7.71. The van der Waals surface area contributed by atoms with E-state index >= 15 is 0 Å². The van der Waals surface area contributed by atoms with E-state index in [4.69, 9.17) is 56.9 Å². The zero-order valence-electron chi connectivity index (χ0n) is 41.0. The summed E-state index contributed by atoms with van der Waals surface area (Å²) in [5.41, 5.74) is 4.57. The van der Waals surface area contributed by atoms with E-state index in [9.17, 15) is 9.90 Å². The maximum Gasteiger partial charge on any atom is 0.173 e. The molecule has 0 saturated carbocycles. The number of Topliss-reactive ketones (excluding diaryl/α,β-unsaturated/α-hetero) is 1. The lowest BCUT2D eigenvalue weighted by Gasteiger charge is -2.29. The number of carbonyl (C=O) groups is 1. The number of fused-ring (bicyclic) bond motifs is 4. The van der Waals surface area contributed by atoms with Crippen LogP contribution in [0.15, 0.2) is 51.6 Å². The van der Waals surface area contributed by atoms with Crippen LogP contribution in [0.25, 0.3) is 0 Å². The van der Waals surface area contributed by atoms with Gasteiger partial charge in [0.2, 0.25) is 0 Å². The number of aliphatic hydroxyl groups is 1. The Morgan fingerprint density at radius 1 is 0.853 bits per heavy atom. The SMILES string of the molecule is C=C(C)[C@H]1Cc2c(ccc(C3=NOC4COc5cc(CO)c(OC)cc5C34)c2OCC(=O)CCCOCCOCCOCCOCCOCCOCCOCC[N+](C)(C)CCCN=C=NCC)O1. The molecule has 378 valence electrons. The van der Waals surface area contributed by atoms with Gasteiger partial charge in [-0.25, -0.2) is 9.98 Å². The molecule has 0 spiro atoms. The lowest BCUT2D eigenvalue weighted by molar-refractivity contribution is -0.890. The van der Waals surface area contributed by atoms with Gasteiger partial charge in [0.05, 0.1) is 139 Å². The van der Waals surface area contributed by atoms with Gasteiger partial charge in [0.25, 0.3) is 0 Å². The predicted octanol–water partition coefficient (Wildman–Crippen LogP) is 4.85. The third kappa shape index (κ3) is 17.8. The molecule has 3 atom stereocenters. The minimum atomic E-state index is -0.372. The number of ketones is 1. The molecule has 0 fully saturated rings. The average molecular weight is 956 g/mol. The summed E-state index contributed by atoms with van der Waals surface area (Å²) in [4.78, 5) is 27.2.